The molecule has 0 aliphatic rings. The van der Waals surface area contributed by atoms with E-state index in [4.69, 9.17) is 10.2 Å². The van der Waals surface area contributed by atoms with Crippen LogP contribution in [0.2, 0.25) is 0 Å². The first-order valence-electron chi connectivity index (χ1n) is 4.57. The zero-order valence-corrected chi connectivity index (χ0v) is 10.6. The van der Waals surface area contributed by atoms with E-state index >= 15 is 0 Å². The van der Waals surface area contributed by atoms with Gasteiger partial charge in [0.1, 0.15) is 5.76 Å². The lowest BCUT2D eigenvalue weighted by molar-refractivity contribution is 0.446. The fourth-order valence-electron chi connectivity index (χ4n) is 1.36. The van der Waals surface area contributed by atoms with Crippen molar-refractivity contribution in [3.63, 3.8) is 0 Å². The van der Waals surface area contributed by atoms with Crippen molar-refractivity contribution in [2.75, 3.05) is 0 Å². The second-order valence-corrected chi connectivity index (χ2v) is 5.15. The molecule has 80 valence electrons. The minimum absolute atomic E-state index is 0.127. The molecule has 2 N–H and O–H groups in total. The first-order chi connectivity index (χ1) is 7.15. The van der Waals surface area contributed by atoms with Gasteiger partial charge in [-0.05, 0) is 35.0 Å². The molecule has 2 aromatic heterocycles. The highest BCUT2D eigenvalue weighted by molar-refractivity contribution is 9.10. The first-order valence-corrected chi connectivity index (χ1v) is 6.24. The number of halogens is 1. The van der Waals surface area contributed by atoms with E-state index in [0.717, 1.165) is 16.5 Å². The van der Waals surface area contributed by atoms with Crippen LogP contribution in [-0.2, 0) is 6.42 Å². The van der Waals surface area contributed by atoms with Crippen LogP contribution in [0.1, 0.15) is 22.5 Å². The SMILES string of the molecule is Cc1nc(CC(N)c2ccc(Br)o2)cs1. The largest absolute Gasteiger partial charge is 0.453 e. The molecule has 0 spiro atoms. The van der Waals surface area contributed by atoms with Crippen molar-refractivity contribution in [1.82, 2.24) is 4.98 Å². The van der Waals surface area contributed by atoms with Crippen molar-refractivity contribution in [1.29, 1.82) is 0 Å². The maximum atomic E-state index is 6.00. The summed E-state index contributed by atoms with van der Waals surface area (Å²) in [6, 6.07) is 3.60. The second kappa shape index (κ2) is 4.47. The molecule has 0 amide bonds. The number of rotatable bonds is 3. The summed E-state index contributed by atoms with van der Waals surface area (Å²) < 4.78 is 6.10. The Kier molecular flexibility index (Phi) is 3.23. The highest BCUT2D eigenvalue weighted by atomic mass is 79.9. The molecule has 2 rings (SSSR count). The van der Waals surface area contributed by atoms with E-state index in [0.29, 0.717) is 11.1 Å². The lowest BCUT2D eigenvalue weighted by Crippen LogP contribution is -2.12. The van der Waals surface area contributed by atoms with Gasteiger partial charge in [-0.2, -0.15) is 0 Å². The number of nitrogens with zero attached hydrogens (tertiary/aromatic N) is 1. The van der Waals surface area contributed by atoms with Crippen molar-refractivity contribution in [3.05, 3.63) is 38.6 Å². The molecule has 0 aliphatic heterocycles. The van der Waals surface area contributed by atoms with Crippen LogP contribution in [0.25, 0.3) is 0 Å². The van der Waals surface area contributed by atoms with Gasteiger partial charge in [0.2, 0.25) is 0 Å². The number of hydrogen-bond donors (Lipinski definition) is 1. The molecule has 2 aromatic rings. The maximum Gasteiger partial charge on any atom is 0.169 e. The van der Waals surface area contributed by atoms with Crippen LogP contribution >= 0.6 is 27.3 Å². The predicted octanol–water partition coefficient (Wildman–Crippen LogP) is 3.05. The molecule has 0 radical (unpaired) electrons. The molecule has 15 heavy (non-hydrogen) atoms. The third-order valence-corrected chi connectivity index (χ3v) is 3.30. The van der Waals surface area contributed by atoms with Gasteiger partial charge < -0.3 is 10.2 Å². The number of aromatic nitrogens is 1. The molecule has 0 fully saturated rings. The highest BCUT2D eigenvalue weighted by Gasteiger charge is 2.12. The van der Waals surface area contributed by atoms with Crippen molar-refractivity contribution in [2.45, 2.75) is 19.4 Å². The molecule has 5 heteroatoms. The summed E-state index contributed by atoms with van der Waals surface area (Å²) in [6.07, 6.45) is 0.713. The Bertz CT molecular complexity index is 452. The van der Waals surface area contributed by atoms with E-state index in [1.165, 1.54) is 0 Å². The Morgan fingerprint density at radius 2 is 2.40 bits per heavy atom. The van der Waals surface area contributed by atoms with Crippen molar-refractivity contribution >= 4 is 27.3 Å². The summed E-state index contributed by atoms with van der Waals surface area (Å²) >= 11 is 4.89. The summed E-state index contributed by atoms with van der Waals surface area (Å²) in [5, 5.41) is 3.10. The molecule has 3 nitrogen and oxygen atoms in total. The maximum absolute atomic E-state index is 6.00. The number of furan rings is 1. The summed E-state index contributed by atoms with van der Waals surface area (Å²) in [5.74, 6) is 0.785. The quantitative estimate of drug-likeness (QED) is 0.944. The van der Waals surface area contributed by atoms with Gasteiger partial charge in [-0.25, -0.2) is 4.98 Å². The fraction of sp³-hybridized carbons (Fsp3) is 0.300. The molecule has 2 heterocycles. The van der Waals surface area contributed by atoms with Gasteiger partial charge in [-0.15, -0.1) is 11.3 Å². The molecular weight excluding hydrogens is 276 g/mol. The number of nitrogens with two attached hydrogens (primary N) is 1. The van der Waals surface area contributed by atoms with Crippen LogP contribution in [-0.4, -0.2) is 4.98 Å². The number of aryl methyl sites for hydroxylation is 1. The summed E-state index contributed by atoms with van der Waals surface area (Å²) in [4.78, 5) is 4.37. The van der Waals surface area contributed by atoms with E-state index in [-0.39, 0.29) is 6.04 Å². The average molecular weight is 287 g/mol. The van der Waals surface area contributed by atoms with Crippen molar-refractivity contribution in [3.8, 4) is 0 Å². The fourth-order valence-corrected chi connectivity index (χ4v) is 2.30. The van der Waals surface area contributed by atoms with Crippen LogP contribution in [0.4, 0.5) is 0 Å². The Morgan fingerprint density at radius 3 is 2.93 bits per heavy atom. The smallest absolute Gasteiger partial charge is 0.169 e. The van der Waals surface area contributed by atoms with Crippen molar-refractivity contribution in [2.24, 2.45) is 5.73 Å². The number of hydrogen-bond acceptors (Lipinski definition) is 4. The van der Waals surface area contributed by atoms with Gasteiger partial charge in [-0.1, -0.05) is 0 Å². The van der Waals surface area contributed by atoms with Crippen LogP contribution in [0.15, 0.2) is 26.6 Å². The molecule has 1 unspecified atom stereocenters. The highest BCUT2D eigenvalue weighted by Crippen LogP contribution is 2.22. The molecule has 0 aliphatic carbocycles. The lowest BCUT2D eigenvalue weighted by atomic mass is 10.1. The third kappa shape index (κ3) is 2.68. The Balaban J connectivity index is 2.06. The van der Waals surface area contributed by atoms with E-state index in [2.05, 4.69) is 20.9 Å². The van der Waals surface area contributed by atoms with Gasteiger partial charge in [0.25, 0.3) is 0 Å². The normalized spacial score (nSPS) is 13.0. The molecule has 0 aromatic carbocycles. The average Bonchev–Trinajstić information content (AvgIpc) is 2.75. The van der Waals surface area contributed by atoms with Gasteiger partial charge in [-0.3, -0.25) is 0 Å². The Hall–Kier alpha value is -0.650. The van der Waals surface area contributed by atoms with Gasteiger partial charge in [0, 0.05) is 11.8 Å². The van der Waals surface area contributed by atoms with Crippen LogP contribution in [0.3, 0.4) is 0 Å². The minimum atomic E-state index is -0.127. The van der Waals surface area contributed by atoms with E-state index in [1.54, 1.807) is 11.3 Å². The predicted molar refractivity (Wildman–Crippen MR) is 63.9 cm³/mol. The monoisotopic (exact) mass is 286 g/mol. The molecule has 0 saturated heterocycles. The van der Waals surface area contributed by atoms with Crippen molar-refractivity contribution < 1.29 is 4.42 Å². The van der Waals surface area contributed by atoms with E-state index in [9.17, 15) is 0 Å². The number of thiazole rings is 1. The molecule has 0 saturated carbocycles. The van der Waals surface area contributed by atoms with Gasteiger partial charge in [0.05, 0.1) is 16.7 Å². The van der Waals surface area contributed by atoms with Gasteiger partial charge >= 0.3 is 0 Å². The van der Waals surface area contributed by atoms with Crippen LogP contribution in [0.5, 0.6) is 0 Å². The Labute approximate surface area is 100 Å². The van der Waals surface area contributed by atoms with Crippen LogP contribution < -0.4 is 5.73 Å². The molecule has 0 bridgehead atoms. The molecule has 1 atom stereocenters. The first kappa shape index (κ1) is 10.9. The third-order valence-electron chi connectivity index (χ3n) is 2.06. The molecular formula is C10H11BrN2OS. The van der Waals surface area contributed by atoms with Crippen LogP contribution in [0, 0.1) is 6.92 Å². The summed E-state index contributed by atoms with van der Waals surface area (Å²) in [7, 11) is 0. The second-order valence-electron chi connectivity index (χ2n) is 3.31. The van der Waals surface area contributed by atoms with E-state index in [1.807, 2.05) is 24.4 Å². The standard InChI is InChI=1S/C10H11BrN2OS/c1-6-13-7(5-15-6)4-8(12)9-2-3-10(11)14-9/h2-3,5,8H,4,12H2,1H3. The summed E-state index contributed by atoms with van der Waals surface area (Å²) in [5.41, 5.74) is 7.03. The summed E-state index contributed by atoms with van der Waals surface area (Å²) in [6.45, 7) is 1.99. The zero-order chi connectivity index (χ0) is 10.8. The lowest BCUT2D eigenvalue weighted by Gasteiger charge is -2.05. The topological polar surface area (TPSA) is 52.0 Å². The minimum Gasteiger partial charge on any atom is -0.453 e. The Morgan fingerprint density at radius 1 is 1.60 bits per heavy atom. The van der Waals surface area contributed by atoms with E-state index < -0.39 is 0 Å². The zero-order valence-electron chi connectivity index (χ0n) is 8.24. The van der Waals surface area contributed by atoms with Gasteiger partial charge in [0.15, 0.2) is 4.67 Å².